The molecule has 1 aromatic carbocycles. The molecule has 0 saturated carbocycles. The largest absolute Gasteiger partial charge is 0.480 e. The Morgan fingerprint density at radius 1 is 1.45 bits per heavy atom. The first-order chi connectivity index (χ1) is 9.61. The quantitative estimate of drug-likeness (QED) is 0.881. The summed E-state index contributed by atoms with van der Waals surface area (Å²) in [5, 5.41) is 12.5. The van der Waals surface area contributed by atoms with Crippen molar-refractivity contribution in [2.24, 2.45) is 0 Å². The maximum absolute atomic E-state index is 10.9. The average Bonchev–Trinajstić information content (AvgIpc) is 2.88. The second-order valence-corrected chi connectivity index (χ2v) is 5.56. The van der Waals surface area contributed by atoms with Gasteiger partial charge in [-0.15, -0.1) is 11.8 Å². The van der Waals surface area contributed by atoms with Crippen LogP contribution in [0.25, 0.3) is 11.4 Å². The van der Waals surface area contributed by atoms with Crippen molar-refractivity contribution in [2.45, 2.75) is 31.3 Å². The number of aliphatic carboxylic acids is 1. The molecule has 1 aromatic heterocycles. The van der Waals surface area contributed by atoms with Gasteiger partial charge in [-0.05, 0) is 18.9 Å². The van der Waals surface area contributed by atoms with Gasteiger partial charge in [0, 0.05) is 5.56 Å². The average molecular weight is 292 g/mol. The lowest BCUT2D eigenvalue weighted by Gasteiger charge is -2.06. The van der Waals surface area contributed by atoms with Crippen molar-refractivity contribution in [1.82, 2.24) is 10.1 Å². The Labute approximate surface area is 121 Å². The van der Waals surface area contributed by atoms with Crippen LogP contribution >= 0.6 is 11.8 Å². The van der Waals surface area contributed by atoms with Gasteiger partial charge in [0.25, 0.3) is 0 Å². The lowest BCUT2D eigenvalue weighted by molar-refractivity contribution is -0.136. The summed E-state index contributed by atoms with van der Waals surface area (Å²) in [6.45, 7) is 3.83. The predicted molar refractivity (Wildman–Crippen MR) is 77.5 cm³/mol. The van der Waals surface area contributed by atoms with Crippen LogP contribution in [0.3, 0.4) is 0 Å². The molecule has 1 heterocycles. The fourth-order valence-corrected chi connectivity index (χ4v) is 2.62. The van der Waals surface area contributed by atoms with Gasteiger partial charge in [0.15, 0.2) is 0 Å². The molecular weight excluding hydrogens is 276 g/mol. The van der Waals surface area contributed by atoms with E-state index in [1.54, 1.807) is 0 Å². The zero-order chi connectivity index (χ0) is 14.5. The Morgan fingerprint density at radius 3 is 2.85 bits per heavy atom. The minimum Gasteiger partial charge on any atom is -0.480 e. The molecule has 0 aliphatic carbocycles. The van der Waals surface area contributed by atoms with Gasteiger partial charge in [-0.25, -0.2) is 0 Å². The van der Waals surface area contributed by atoms with E-state index < -0.39 is 11.2 Å². The summed E-state index contributed by atoms with van der Waals surface area (Å²) < 4.78 is 5.17. The molecule has 0 fully saturated rings. The van der Waals surface area contributed by atoms with Gasteiger partial charge in [0.05, 0.1) is 5.75 Å². The first kappa shape index (κ1) is 14.6. The molecule has 0 radical (unpaired) electrons. The predicted octanol–water partition coefficient (Wildman–Crippen LogP) is 3.14. The van der Waals surface area contributed by atoms with E-state index in [9.17, 15) is 4.79 Å². The molecule has 6 heteroatoms. The molecule has 0 aliphatic rings. The molecule has 0 aliphatic heterocycles. The summed E-state index contributed by atoms with van der Waals surface area (Å²) >= 11 is 1.30. The van der Waals surface area contributed by atoms with Crippen LogP contribution in [0.1, 0.15) is 24.8 Å². The summed E-state index contributed by atoms with van der Waals surface area (Å²) in [5.74, 6) is 0.593. The molecule has 0 spiro atoms. The van der Waals surface area contributed by atoms with Crippen molar-refractivity contribution in [3.63, 3.8) is 0 Å². The molecular formula is C14H16N2O3S. The highest BCUT2D eigenvalue weighted by molar-refractivity contribution is 7.99. The van der Waals surface area contributed by atoms with Gasteiger partial charge in [0.1, 0.15) is 5.25 Å². The Balaban J connectivity index is 2.06. The minimum absolute atomic E-state index is 0.406. The summed E-state index contributed by atoms with van der Waals surface area (Å²) in [4.78, 5) is 15.3. The molecule has 1 unspecified atom stereocenters. The van der Waals surface area contributed by atoms with Crippen LogP contribution in [-0.4, -0.2) is 26.5 Å². The topological polar surface area (TPSA) is 76.2 Å². The molecule has 1 atom stereocenters. The fourth-order valence-electron chi connectivity index (χ4n) is 1.78. The van der Waals surface area contributed by atoms with Gasteiger partial charge in [-0.1, -0.05) is 36.3 Å². The summed E-state index contributed by atoms with van der Waals surface area (Å²) in [6, 6.07) is 7.79. The van der Waals surface area contributed by atoms with E-state index in [0.717, 1.165) is 11.1 Å². The smallest absolute Gasteiger partial charge is 0.316 e. The van der Waals surface area contributed by atoms with Crippen LogP contribution in [-0.2, 0) is 10.5 Å². The van der Waals surface area contributed by atoms with Gasteiger partial charge in [0.2, 0.25) is 11.7 Å². The van der Waals surface area contributed by atoms with Crippen LogP contribution in [0, 0.1) is 6.92 Å². The molecule has 0 bridgehead atoms. The number of rotatable bonds is 6. The van der Waals surface area contributed by atoms with Gasteiger partial charge >= 0.3 is 5.97 Å². The van der Waals surface area contributed by atoms with E-state index in [0.29, 0.717) is 23.9 Å². The summed E-state index contributed by atoms with van der Waals surface area (Å²) in [6.07, 6.45) is 0.568. The third-order valence-corrected chi connectivity index (χ3v) is 4.26. The second kappa shape index (κ2) is 6.56. The van der Waals surface area contributed by atoms with Crippen LogP contribution in [0.5, 0.6) is 0 Å². The standard InChI is InChI=1S/C14H16N2O3S/c1-3-11(14(17)18)20-8-12-15-13(16-19-12)10-7-5-4-6-9(10)2/h4-7,11H,3,8H2,1-2H3,(H,17,18). The Bertz CT molecular complexity index is 598. The van der Waals surface area contributed by atoms with Gasteiger partial charge in [-0.3, -0.25) is 4.79 Å². The van der Waals surface area contributed by atoms with E-state index in [1.807, 2.05) is 38.1 Å². The van der Waals surface area contributed by atoms with E-state index in [-0.39, 0.29) is 0 Å². The Kier molecular flexibility index (Phi) is 4.79. The maximum atomic E-state index is 10.9. The Hall–Kier alpha value is -1.82. The molecule has 106 valence electrons. The molecule has 2 rings (SSSR count). The second-order valence-electron chi connectivity index (χ2n) is 4.37. The molecule has 2 aromatic rings. The van der Waals surface area contributed by atoms with E-state index >= 15 is 0 Å². The zero-order valence-corrected chi connectivity index (χ0v) is 12.2. The van der Waals surface area contributed by atoms with Crippen molar-refractivity contribution in [3.8, 4) is 11.4 Å². The fraction of sp³-hybridized carbons (Fsp3) is 0.357. The molecule has 0 saturated heterocycles. The molecule has 20 heavy (non-hydrogen) atoms. The van der Waals surface area contributed by atoms with Crippen LogP contribution < -0.4 is 0 Å². The highest BCUT2D eigenvalue weighted by Crippen LogP contribution is 2.23. The molecule has 1 N–H and O–H groups in total. The summed E-state index contributed by atoms with van der Waals surface area (Å²) in [5.41, 5.74) is 2.00. The zero-order valence-electron chi connectivity index (χ0n) is 11.4. The number of aryl methyl sites for hydroxylation is 1. The van der Waals surface area contributed by atoms with E-state index in [1.165, 1.54) is 11.8 Å². The minimum atomic E-state index is -0.809. The van der Waals surface area contributed by atoms with E-state index in [2.05, 4.69) is 10.1 Å². The summed E-state index contributed by atoms with van der Waals surface area (Å²) in [7, 11) is 0. The number of nitrogens with zero attached hydrogens (tertiary/aromatic N) is 2. The highest BCUT2D eigenvalue weighted by Gasteiger charge is 2.18. The number of carboxylic acids is 1. The van der Waals surface area contributed by atoms with Crippen molar-refractivity contribution in [2.75, 3.05) is 0 Å². The van der Waals surface area contributed by atoms with Crippen molar-refractivity contribution in [3.05, 3.63) is 35.7 Å². The van der Waals surface area contributed by atoms with Crippen LogP contribution in [0.2, 0.25) is 0 Å². The Morgan fingerprint density at radius 2 is 2.20 bits per heavy atom. The highest BCUT2D eigenvalue weighted by atomic mass is 32.2. The molecule has 5 nitrogen and oxygen atoms in total. The number of hydrogen-bond acceptors (Lipinski definition) is 5. The SMILES string of the molecule is CCC(SCc1nc(-c2ccccc2C)no1)C(=O)O. The van der Waals surface area contributed by atoms with Crippen molar-refractivity contribution < 1.29 is 14.4 Å². The normalized spacial score (nSPS) is 12.3. The van der Waals surface area contributed by atoms with Crippen LogP contribution in [0.4, 0.5) is 0 Å². The third kappa shape index (κ3) is 3.39. The van der Waals surface area contributed by atoms with Crippen molar-refractivity contribution >= 4 is 17.7 Å². The molecule has 0 amide bonds. The van der Waals surface area contributed by atoms with Gasteiger partial charge in [-0.2, -0.15) is 4.98 Å². The number of carboxylic acid groups (broad SMARTS) is 1. The first-order valence-electron chi connectivity index (χ1n) is 6.34. The van der Waals surface area contributed by atoms with Crippen molar-refractivity contribution in [1.29, 1.82) is 0 Å². The van der Waals surface area contributed by atoms with Gasteiger partial charge < -0.3 is 9.63 Å². The number of thioether (sulfide) groups is 1. The number of carbonyl (C=O) groups is 1. The lowest BCUT2D eigenvalue weighted by Crippen LogP contribution is -2.15. The number of hydrogen-bond donors (Lipinski definition) is 1. The first-order valence-corrected chi connectivity index (χ1v) is 7.39. The monoisotopic (exact) mass is 292 g/mol. The van der Waals surface area contributed by atoms with E-state index in [4.69, 9.17) is 9.63 Å². The lowest BCUT2D eigenvalue weighted by atomic mass is 10.1. The maximum Gasteiger partial charge on any atom is 0.316 e. The van der Waals surface area contributed by atoms with Crippen LogP contribution in [0.15, 0.2) is 28.8 Å². The number of benzene rings is 1. The number of aromatic nitrogens is 2. The third-order valence-electron chi connectivity index (χ3n) is 2.91.